The van der Waals surface area contributed by atoms with Gasteiger partial charge in [-0.2, -0.15) is 0 Å². The molecule has 1 aromatic heterocycles. The van der Waals surface area contributed by atoms with Crippen LogP contribution in [0, 0.1) is 0 Å². The minimum absolute atomic E-state index is 0.0436. The Bertz CT molecular complexity index is 597. The maximum Gasteiger partial charge on any atom is 0.220 e. The lowest BCUT2D eigenvalue weighted by molar-refractivity contribution is -0.121. The molecule has 1 heterocycles. The number of methoxy groups -OCH3 is 1. The molecule has 0 radical (unpaired) electrons. The zero-order valence-electron chi connectivity index (χ0n) is 12.3. The van der Waals surface area contributed by atoms with E-state index in [1.165, 1.54) is 6.33 Å². The van der Waals surface area contributed by atoms with Crippen LogP contribution in [0.5, 0.6) is 5.75 Å². The van der Waals surface area contributed by atoms with Crippen molar-refractivity contribution in [2.24, 2.45) is 0 Å². The second-order valence-electron chi connectivity index (χ2n) is 4.65. The lowest BCUT2D eigenvalue weighted by atomic mass is 10.1. The molecule has 1 aromatic carbocycles. The number of rotatable bonds is 6. The van der Waals surface area contributed by atoms with Gasteiger partial charge in [0.05, 0.1) is 25.0 Å². The molecule has 0 unspecified atom stereocenters. The molecule has 2 aromatic rings. The molecule has 2 rings (SSSR count). The molecule has 0 atom stereocenters. The summed E-state index contributed by atoms with van der Waals surface area (Å²) in [5.74, 6) is 0.849. The third-order valence-electron chi connectivity index (χ3n) is 3.05. The largest absolute Gasteiger partial charge is 0.497 e. The van der Waals surface area contributed by atoms with Gasteiger partial charge >= 0.3 is 0 Å². The van der Waals surface area contributed by atoms with E-state index in [1.807, 2.05) is 37.3 Å². The second-order valence-corrected chi connectivity index (χ2v) is 4.65. The van der Waals surface area contributed by atoms with Crippen molar-refractivity contribution in [1.29, 1.82) is 0 Å². The lowest BCUT2D eigenvalue weighted by Crippen LogP contribution is -2.22. The van der Waals surface area contributed by atoms with Crippen LogP contribution in [0.2, 0.25) is 0 Å². The van der Waals surface area contributed by atoms with Crippen molar-refractivity contribution in [2.45, 2.75) is 26.3 Å². The zero-order chi connectivity index (χ0) is 15.1. The standard InChI is InChI=1S/C16H19N3O2/c1-3-4-16(20)17-10-13-9-15(19-11-18-13)12-5-7-14(21-2)8-6-12/h5-9,11H,3-4,10H2,1-2H3,(H,17,20). The van der Waals surface area contributed by atoms with E-state index in [4.69, 9.17) is 4.74 Å². The first-order valence-electron chi connectivity index (χ1n) is 6.95. The Balaban J connectivity index is 2.07. The molecule has 0 bridgehead atoms. The summed E-state index contributed by atoms with van der Waals surface area (Å²) in [6.07, 6.45) is 2.89. The Morgan fingerprint density at radius 1 is 1.24 bits per heavy atom. The predicted octanol–water partition coefficient (Wildman–Crippen LogP) is 2.57. The van der Waals surface area contributed by atoms with Crippen LogP contribution < -0.4 is 10.1 Å². The first-order valence-corrected chi connectivity index (χ1v) is 6.95. The summed E-state index contributed by atoms with van der Waals surface area (Å²) in [6.45, 7) is 2.40. The number of aromatic nitrogens is 2. The van der Waals surface area contributed by atoms with Gasteiger partial charge in [-0.25, -0.2) is 9.97 Å². The maximum atomic E-state index is 11.5. The van der Waals surface area contributed by atoms with Crippen molar-refractivity contribution in [3.05, 3.63) is 42.4 Å². The first kappa shape index (κ1) is 15.0. The Labute approximate surface area is 124 Å². The fraction of sp³-hybridized carbons (Fsp3) is 0.312. The molecule has 5 nitrogen and oxygen atoms in total. The third kappa shape index (κ3) is 4.27. The number of nitrogens with zero attached hydrogens (tertiary/aromatic N) is 2. The van der Waals surface area contributed by atoms with E-state index in [0.29, 0.717) is 13.0 Å². The Morgan fingerprint density at radius 2 is 2.00 bits per heavy atom. The number of nitrogens with one attached hydrogen (secondary N) is 1. The number of ether oxygens (including phenoxy) is 1. The van der Waals surface area contributed by atoms with Gasteiger partial charge in [-0.3, -0.25) is 4.79 Å². The number of hydrogen-bond donors (Lipinski definition) is 1. The summed E-state index contributed by atoms with van der Waals surface area (Å²) in [4.78, 5) is 19.9. The predicted molar refractivity (Wildman–Crippen MR) is 80.8 cm³/mol. The van der Waals surface area contributed by atoms with Crippen molar-refractivity contribution in [3.8, 4) is 17.0 Å². The van der Waals surface area contributed by atoms with Crippen molar-refractivity contribution < 1.29 is 9.53 Å². The second kappa shape index (κ2) is 7.38. The van der Waals surface area contributed by atoms with Crippen LogP contribution in [0.25, 0.3) is 11.3 Å². The van der Waals surface area contributed by atoms with E-state index < -0.39 is 0 Å². The molecule has 0 saturated heterocycles. The van der Waals surface area contributed by atoms with E-state index >= 15 is 0 Å². The van der Waals surface area contributed by atoms with E-state index in [2.05, 4.69) is 15.3 Å². The van der Waals surface area contributed by atoms with Crippen LogP contribution in [-0.2, 0) is 11.3 Å². The molecular formula is C16H19N3O2. The molecule has 21 heavy (non-hydrogen) atoms. The van der Waals surface area contributed by atoms with Gasteiger partial charge in [-0.05, 0) is 36.8 Å². The fourth-order valence-corrected chi connectivity index (χ4v) is 1.92. The molecule has 110 valence electrons. The van der Waals surface area contributed by atoms with E-state index in [1.54, 1.807) is 7.11 Å². The quantitative estimate of drug-likeness (QED) is 0.886. The van der Waals surface area contributed by atoms with Crippen LogP contribution in [0.15, 0.2) is 36.7 Å². The van der Waals surface area contributed by atoms with Crippen LogP contribution in [0.3, 0.4) is 0 Å². The maximum absolute atomic E-state index is 11.5. The molecular weight excluding hydrogens is 266 g/mol. The van der Waals surface area contributed by atoms with Gasteiger partial charge in [0, 0.05) is 12.0 Å². The molecule has 1 N–H and O–H groups in total. The Kier molecular flexibility index (Phi) is 5.26. The summed E-state index contributed by atoms with van der Waals surface area (Å²) in [5, 5.41) is 2.85. The summed E-state index contributed by atoms with van der Waals surface area (Å²) in [5.41, 5.74) is 2.60. The number of carbonyl (C=O) groups excluding carboxylic acids is 1. The van der Waals surface area contributed by atoms with Crippen LogP contribution in [0.4, 0.5) is 0 Å². The van der Waals surface area contributed by atoms with Gasteiger partial charge < -0.3 is 10.1 Å². The summed E-state index contributed by atoms with van der Waals surface area (Å²) in [6, 6.07) is 9.55. The van der Waals surface area contributed by atoms with Gasteiger partial charge in [-0.1, -0.05) is 6.92 Å². The fourth-order valence-electron chi connectivity index (χ4n) is 1.92. The van der Waals surface area contributed by atoms with Crippen molar-refractivity contribution in [3.63, 3.8) is 0 Å². The number of benzene rings is 1. The SMILES string of the molecule is CCCC(=O)NCc1cc(-c2ccc(OC)cc2)ncn1. The molecule has 0 aliphatic carbocycles. The zero-order valence-corrected chi connectivity index (χ0v) is 12.3. The van der Waals surface area contributed by atoms with Crippen LogP contribution in [-0.4, -0.2) is 23.0 Å². The van der Waals surface area contributed by atoms with Gasteiger partial charge in [0.25, 0.3) is 0 Å². The Morgan fingerprint density at radius 3 is 2.67 bits per heavy atom. The third-order valence-corrected chi connectivity index (χ3v) is 3.05. The minimum atomic E-state index is 0.0436. The van der Waals surface area contributed by atoms with Gasteiger partial charge in [0.2, 0.25) is 5.91 Å². The van der Waals surface area contributed by atoms with Gasteiger partial charge in [0.15, 0.2) is 0 Å². The highest BCUT2D eigenvalue weighted by atomic mass is 16.5. The van der Waals surface area contributed by atoms with Crippen LogP contribution in [0.1, 0.15) is 25.5 Å². The highest BCUT2D eigenvalue weighted by Gasteiger charge is 2.04. The normalized spacial score (nSPS) is 10.2. The lowest BCUT2D eigenvalue weighted by Gasteiger charge is -2.06. The number of hydrogen-bond acceptors (Lipinski definition) is 4. The smallest absolute Gasteiger partial charge is 0.220 e. The number of amides is 1. The molecule has 0 aliphatic rings. The van der Waals surface area contributed by atoms with Crippen molar-refractivity contribution in [2.75, 3.05) is 7.11 Å². The minimum Gasteiger partial charge on any atom is -0.497 e. The monoisotopic (exact) mass is 285 g/mol. The summed E-state index contributed by atoms with van der Waals surface area (Å²) in [7, 11) is 1.64. The average Bonchev–Trinajstić information content (AvgIpc) is 2.54. The number of carbonyl (C=O) groups is 1. The Hall–Kier alpha value is -2.43. The van der Waals surface area contributed by atoms with Crippen LogP contribution >= 0.6 is 0 Å². The highest BCUT2D eigenvalue weighted by Crippen LogP contribution is 2.20. The van der Waals surface area contributed by atoms with Crippen molar-refractivity contribution in [1.82, 2.24) is 15.3 Å². The average molecular weight is 285 g/mol. The molecule has 0 saturated carbocycles. The molecule has 1 amide bonds. The van der Waals surface area contributed by atoms with E-state index in [-0.39, 0.29) is 5.91 Å². The van der Waals surface area contributed by atoms with Gasteiger partial charge in [0.1, 0.15) is 12.1 Å². The topological polar surface area (TPSA) is 64.1 Å². The highest BCUT2D eigenvalue weighted by molar-refractivity contribution is 5.75. The molecule has 5 heteroatoms. The summed E-state index contributed by atoms with van der Waals surface area (Å²) < 4.78 is 5.14. The molecule has 0 fully saturated rings. The van der Waals surface area contributed by atoms with E-state index in [0.717, 1.165) is 29.1 Å². The molecule has 0 spiro atoms. The van der Waals surface area contributed by atoms with Gasteiger partial charge in [-0.15, -0.1) is 0 Å². The summed E-state index contributed by atoms with van der Waals surface area (Å²) >= 11 is 0. The van der Waals surface area contributed by atoms with E-state index in [9.17, 15) is 4.79 Å². The van der Waals surface area contributed by atoms with Crippen molar-refractivity contribution >= 4 is 5.91 Å². The first-order chi connectivity index (χ1) is 10.2. The molecule has 0 aliphatic heterocycles.